The number of nitrogens with zero attached hydrogens (tertiary/aromatic N) is 1. The molecule has 1 aromatic carbocycles. The van der Waals surface area contributed by atoms with Crippen LogP contribution in [0.5, 0.6) is 5.75 Å². The molecule has 0 aliphatic rings. The number of hydrogen-bond acceptors (Lipinski definition) is 8. The Bertz CT molecular complexity index is 875. The van der Waals surface area contributed by atoms with Crippen molar-refractivity contribution in [3.63, 3.8) is 0 Å². The van der Waals surface area contributed by atoms with Crippen LogP contribution < -0.4 is 10.5 Å². The number of benzene rings is 1. The van der Waals surface area contributed by atoms with E-state index in [-0.39, 0.29) is 45.5 Å². The van der Waals surface area contributed by atoms with E-state index in [0.29, 0.717) is 0 Å². The normalized spacial score (nSPS) is 10.3. The number of alkyl halides is 2. The van der Waals surface area contributed by atoms with Gasteiger partial charge in [0.25, 0.3) is 0 Å². The minimum atomic E-state index is -2.97. The highest BCUT2D eigenvalue weighted by Gasteiger charge is 2.24. The number of carbonyl (C=O) groups excluding carboxylic acids is 2. The van der Waals surface area contributed by atoms with Crippen molar-refractivity contribution in [2.75, 3.05) is 12.3 Å². The molecule has 2 aromatic rings. The first-order valence-corrected chi connectivity index (χ1v) is 8.39. The molecule has 0 spiro atoms. The Morgan fingerprint density at radius 1 is 1.22 bits per heavy atom. The molecule has 0 amide bonds. The molecule has 2 rings (SSSR count). The maximum Gasteiger partial charge on any atom is 0.387 e. The summed E-state index contributed by atoms with van der Waals surface area (Å²) in [6, 6.07) is 6.75. The molecule has 0 saturated carbocycles. The van der Waals surface area contributed by atoms with E-state index in [1.54, 1.807) is 6.92 Å². The molecule has 10 heteroatoms. The molecular formula is C17H14F2N2O5S. The third-order valence-corrected chi connectivity index (χ3v) is 4.31. The molecule has 27 heavy (non-hydrogen) atoms. The van der Waals surface area contributed by atoms with Crippen LogP contribution in [0, 0.1) is 11.3 Å². The quantitative estimate of drug-likeness (QED) is 0.714. The summed E-state index contributed by atoms with van der Waals surface area (Å²) in [6.45, 7) is -1.59. The molecular weight excluding hydrogens is 382 g/mol. The Balaban J connectivity index is 2.15. The number of carbonyl (C=O) groups is 2. The number of nitrogen functional groups attached to an aromatic ring is 1. The highest BCUT2D eigenvalue weighted by atomic mass is 32.1. The highest BCUT2D eigenvalue weighted by molar-refractivity contribution is 7.18. The molecule has 0 saturated heterocycles. The maximum absolute atomic E-state index is 12.1. The van der Waals surface area contributed by atoms with E-state index in [4.69, 9.17) is 15.2 Å². The van der Waals surface area contributed by atoms with Crippen LogP contribution in [-0.4, -0.2) is 25.2 Å². The van der Waals surface area contributed by atoms with E-state index in [9.17, 15) is 23.6 Å². The standard InChI is InChI=1S/C17H14F2N2O5S/c1-2-24-16(23)13-12(11(7-20)14(21)27-13)8-25-15(22)9-3-5-10(6-4-9)26-17(18)19/h3-6,17H,2,8,21H2,1H3. The Hall–Kier alpha value is -3.19. The van der Waals surface area contributed by atoms with E-state index in [2.05, 4.69) is 4.74 Å². The fourth-order valence-electron chi connectivity index (χ4n) is 2.10. The topological polar surface area (TPSA) is 112 Å². The Morgan fingerprint density at radius 3 is 2.44 bits per heavy atom. The molecule has 0 aliphatic heterocycles. The van der Waals surface area contributed by atoms with E-state index in [1.807, 2.05) is 6.07 Å². The Morgan fingerprint density at radius 2 is 1.89 bits per heavy atom. The second-order valence-electron chi connectivity index (χ2n) is 4.96. The van der Waals surface area contributed by atoms with Crippen LogP contribution in [0.4, 0.5) is 13.8 Å². The lowest BCUT2D eigenvalue weighted by atomic mass is 10.1. The number of ether oxygens (including phenoxy) is 3. The molecule has 2 N–H and O–H groups in total. The zero-order chi connectivity index (χ0) is 20.0. The zero-order valence-corrected chi connectivity index (χ0v) is 14.8. The van der Waals surface area contributed by atoms with Crippen LogP contribution in [-0.2, 0) is 16.1 Å². The van der Waals surface area contributed by atoms with Gasteiger partial charge < -0.3 is 19.9 Å². The van der Waals surface area contributed by atoms with Crippen LogP contribution in [0.25, 0.3) is 0 Å². The van der Waals surface area contributed by atoms with Gasteiger partial charge in [0.05, 0.1) is 17.7 Å². The Kier molecular flexibility index (Phi) is 6.67. The third-order valence-electron chi connectivity index (χ3n) is 3.27. The average Bonchev–Trinajstić information content (AvgIpc) is 2.95. The van der Waals surface area contributed by atoms with E-state index in [0.717, 1.165) is 11.3 Å². The number of thiophene rings is 1. The molecule has 7 nitrogen and oxygen atoms in total. The summed E-state index contributed by atoms with van der Waals surface area (Å²) in [5.74, 6) is -1.55. The summed E-state index contributed by atoms with van der Waals surface area (Å²) in [5, 5.41) is 9.33. The van der Waals surface area contributed by atoms with Crippen LogP contribution in [0.1, 0.15) is 38.1 Å². The second-order valence-corrected chi connectivity index (χ2v) is 6.01. The number of anilines is 1. The third kappa shape index (κ3) is 4.92. The predicted molar refractivity (Wildman–Crippen MR) is 91.6 cm³/mol. The van der Waals surface area contributed by atoms with Crippen molar-refractivity contribution in [2.24, 2.45) is 0 Å². The summed E-state index contributed by atoms with van der Waals surface area (Å²) in [4.78, 5) is 24.2. The van der Waals surface area contributed by atoms with Gasteiger partial charge in [-0.1, -0.05) is 0 Å². The number of hydrogen-bond donors (Lipinski definition) is 1. The molecule has 0 unspecified atom stereocenters. The molecule has 0 aliphatic carbocycles. The van der Waals surface area contributed by atoms with Crippen molar-refractivity contribution in [1.82, 2.24) is 0 Å². The number of halogens is 2. The minimum absolute atomic E-state index is 0.0385. The summed E-state index contributed by atoms with van der Waals surface area (Å²) < 4.78 is 38.5. The molecule has 1 heterocycles. The first-order chi connectivity index (χ1) is 12.9. The molecule has 0 fully saturated rings. The fourth-order valence-corrected chi connectivity index (χ4v) is 3.02. The van der Waals surface area contributed by atoms with Crippen molar-refractivity contribution in [2.45, 2.75) is 20.1 Å². The van der Waals surface area contributed by atoms with Crippen molar-refractivity contribution < 1.29 is 32.6 Å². The van der Waals surface area contributed by atoms with Gasteiger partial charge in [-0.05, 0) is 31.2 Å². The van der Waals surface area contributed by atoms with Gasteiger partial charge in [0.15, 0.2) is 0 Å². The van der Waals surface area contributed by atoms with Crippen molar-refractivity contribution in [3.8, 4) is 11.8 Å². The van der Waals surface area contributed by atoms with E-state index >= 15 is 0 Å². The van der Waals surface area contributed by atoms with Gasteiger partial charge in [0, 0.05) is 5.56 Å². The number of rotatable bonds is 7. The van der Waals surface area contributed by atoms with Gasteiger partial charge in [-0.2, -0.15) is 14.0 Å². The van der Waals surface area contributed by atoms with Gasteiger partial charge in [-0.3, -0.25) is 0 Å². The van der Waals surface area contributed by atoms with Crippen molar-refractivity contribution in [3.05, 3.63) is 45.8 Å². The van der Waals surface area contributed by atoms with Gasteiger partial charge in [-0.25, -0.2) is 9.59 Å². The smallest absolute Gasteiger partial charge is 0.387 e. The van der Waals surface area contributed by atoms with Crippen LogP contribution in [0.3, 0.4) is 0 Å². The largest absolute Gasteiger partial charge is 0.462 e. The van der Waals surface area contributed by atoms with Gasteiger partial charge in [-0.15, -0.1) is 11.3 Å². The summed E-state index contributed by atoms with van der Waals surface area (Å²) in [7, 11) is 0. The lowest BCUT2D eigenvalue weighted by Crippen LogP contribution is -2.10. The average molecular weight is 396 g/mol. The predicted octanol–water partition coefficient (Wildman–Crippen LogP) is 3.34. The van der Waals surface area contributed by atoms with E-state index < -0.39 is 18.6 Å². The number of nitriles is 1. The monoisotopic (exact) mass is 396 g/mol. The molecule has 142 valence electrons. The lowest BCUT2D eigenvalue weighted by Gasteiger charge is -2.08. The minimum Gasteiger partial charge on any atom is -0.462 e. The summed E-state index contributed by atoms with van der Waals surface area (Å²) >= 11 is 0.871. The van der Waals surface area contributed by atoms with Gasteiger partial charge in [0.1, 0.15) is 28.3 Å². The van der Waals surface area contributed by atoms with Crippen molar-refractivity contribution >= 4 is 28.3 Å². The van der Waals surface area contributed by atoms with Gasteiger partial charge >= 0.3 is 18.6 Å². The second kappa shape index (κ2) is 8.95. The highest BCUT2D eigenvalue weighted by Crippen LogP contribution is 2.32. The van der Waals surface area contributed by atoms with Crippen molar-refractivity contribution in [1.29, 1.82) is 5.26 Å². The van der Waals surface area contributed by atoms with Gasteiger partial charge in [0.2, 0.25) is 0 Å². The molecule has 0 radical (unpaired) electrons. The number of esters is 2. The maximum atomic E-state index is 12.1. The first kappa shape index (κ1) is 20.1. The molecule has 0 bridgehead atoms. The van der Waals surface area contributed by atoms with Crippen LogP contribution in [0.15, 0.2) is 24.3 Å². The zero-order valence-electron chi connectivity index (χ0n) is 14.0. The number of nitrogens with two attached hydrogens (primary N) is 1. The van der Waals surface area contributed by atoms with Crippen LogP contribution >= 0.6 is 11.3 Å². The Labute approximate surface area is 156 Å². The fraction of sp³-hybridized carbons (Fsp3) is 0.235. The first-order valence-electron chi connectivity index (χ1n) is 7.57. The lowest BCUT2D eigenvalue weighted by molar-refractivity contribution is -0.0498. The SMILES string of the molecule is CCOC(=O)c1sc(N)c(C#N)c1COC(=O)c1ccc(OC(F)F)cc1. The summed E-state index contributed by atoms with van der Waals surface area (Å²) in [5.41, 5.74) is 6.01. The molecule has 1 aromatic heterocycles. The van der Waals surface area contributed by atoms with E-state index in [1.165, 1.54) is 24.3 Å². The summed E-state index contributed by atoms with van der Waals surface area (Å²) in [6.07, 6.45) is 0. The molecule has 0 atom stereocenters. The van der Waals surface area contributed by atoms with Crippen LogP contribution in [0.2, 0.25) is 0 Å².